The molecule has 3 aliphatic rings. The van der Waals surface area contributed by atoms with Gasteiger partial charge in [0.25, 0.3) is 0 Å². The van der Waals surface area contributed by atoms with E-state index in [-0.39, 0.29) is 30.5 Å². The van der Waals surface area contributed by atoms with Crippen molar-refractivity contribution in [3.8, 4) is 17.2 Å². The zero-order chi connectivity index (χ0) is 23.2. The molecule has 7 heteroatoms. The van der Waals surface area contributed by atoms with Crippen LogP contribution in [0.3, 0.4) is 0 Å². The number of carboxylic acids is 1. The number of fused-ring (bicyclic) bond motifs is 4. The summed E-state index contributed by atoms with van der Waals surface area (Å²) in [7, 11) is 0. The number of piperidine rings is 1. The molecule has 33 heavy (non-hydrogen) atoms. The van der Waals surface area contributed by atoms with Crippen molar-refractivity contribution >= 4 is 5.97 Å². The Bertz CT molecular complexity index is 1040. The van der Waals surface area contributed by atoms with Gasteiger partial charge in [0.05, 0.1) is 12.2 Å². The van der Waals surface area contributed by atoms with Crippen LogP contribution >= 0.6 is 0 Å². The first kappa shape index (κ1) is 22.0. The quantitative estimate of drug-likeness (QED) is 0.708. The van der Waals surface area contributed by atoms with E-state index >= 15 is 0 Å². The fourth-order valence-corrected chi connectivity index (χ4v) is 5.68. The molecule has 0 aromatic heterocycles. The van der Waals surface area contributed by atoms with Crippen molar-refractivity contribution in [3.63, 3.8) is 0 Å². The lowest BCUT2D eigenvalue weighted by atomic mass is 9.70. The third-order valence-electron chi connectivity index (χ3n) is 7.30. The van der Waals surface area contributed by atoms with E-state index in [1.807, 2.05) is 36.4 Å². The smallest absolute Gasteiger partial charge is 0.341 e. The van der Waals surface area contributed by atoms with Crippen LogP contribution in [0.25, 0.3) is 0 Å². The molecule has 5 rings (SSSR count). The van der Waals surface area contributed by atoms with Crippen LogP contribution in [0.5, 0.6) is 17.2 Å². The summed E-state index contributed by atoms with van der Waals surface area (Å²) in [5.74, 6) is 0.945. The van der Waals surface area contributed by atoms with Crippen molar-refractivity contribution in [1.29, 1.82) is 0 Å². The second-order valence-corrected chi connectivity index (χ2v) is 9.91. The Morgan fingerprint density at radius 3 is 2.85 bits per heavy atom. The number of carboxylic acid groups (broad SMARTS) is 1. The van der Waals surface area contributed by atoms with Crippen molar-refractivity contribution in [3.05, 3.63) is 53.6 Å². The Kier molecular flexibility index (Phi) is 5.70. The molecule has 2 N–H and O–H groups in total. The molecule has 0 radical (unpaired) electrons. The van der Waals surface area contributed by atoms with Gasteiger partial charge in [0.15, 0.2) is 18.1 Å². The van der Waals surface area contributed by atoms with Gasteiger partial charge in [0.2, 0.25) is 0 Å². The largest absolute Gasteiger partial charge is 0.504 e. The van der Waals surface area contributed by atoms with Gasteiger partial charge in [-0.05, 0) is 44.7 Å². The molecule has 2 saturated heterocycles. The summed E-state index contributed by atoms with van der Waals surface area (Å²) in [5, 5.41) is 19.3. The third-order valence-corrected chi connectivity index (χ3v) is 7.30. The predicted molar refractivity (Wildman–Crippen MR) is 121 cm³/mol. The summed E-state index contributed by atoms with van der Waals surface area (Å²) in [5.41, 5.74) is 1.50. The number of ether oxygens (including phenoxy) is 3. The standard InChI is InChI=1S/C26H31NO6/c1-26(2)19-12-17-14-27(13-16-6-3-4-9-21(16)31-15-23(29)30)11-10-22(17)32-24(19)18-7-5-8-20(28)25(18)33-26/h3-9,17,19,22,24,28H,10-15H2,1-2H3,(H,29,30)/t17-,19+,22+,24-/m0/s1. The number of hydrogen-bond acceptors (Lipinski definition) is 6. The predicted octanol–water partition coefficient (Wildman–Crippen LogP) is 3.99. The minimum atomic E-state index is -0.980. The van der Waals surface area contributed by atoms with E-state index in [9.17, 15) is 9.90 Å². The number of benzene rings is 2. The molecule has 0 unspecified atom stereocenters. The van der Waals surface area contributed by atoms with Crippen molar-refractivity contribution in [2.75, 3.05) is 19.7 Å². The maximum absolute atomic E-state index is 10.9. The molecule has 2 aromatic rings. The van der Waals surface area contributed by atoms with Crippen LogP contribution in [-0.2, 0) is 16.1 Å². The minimum absolute atomic E-state index is 0.0752. The van der Waals surface area contributed by atoms with Crippen LogP contribution in [0.4, 0.5) is 0 Å². The number of likely N-dealkylation sites (tertiary alicyclic amines) is 1. The van der Waals surface area contributed by atoms with E-state index in [1.54, 1.807) is 6.07 Å². The third kappa shape index (κ3) is 4.27. The van der Waals surface area contributed by atoms with Gasteiger partial charge in [-0.25, -0.2) is 4.79 Å². The molecule has 3 heterocycles. The van der Waals surface area contributed by atoms with Gasteiger partial charge in [0, 0.05) is 36.7 Å². The monoisotopic (exact) mass is 453 g/mol. The van der Waals surface area contributed by atoms with Crippen LogP contribution in [-0.4, -0.2) is 52.5 Å². The first-order chi connectivity index (χ1) is 15.8. The van der Waals surface area contributed by atoms with E-state index in [4.69, 9.17) is 19.3 Å². The summed E-state index contributed by atoms with van der Waals surface area (Å²) in [6.45, 7) is 6.35. The van der Waals surface area contributed by atoms with Gasteiger partial charge in [-0.1, -0.05) is 30.3 Å². The molecular formula is C26H31NO6. The summed E-state index contributed by atoms with van der Waals surface area (Å²) in [4.78, 5) is 13.3. The lowest BCUT2D eigenvalue weighted by Crippen LogP contribution is -2.55. The molecule has 0 saturated carbocycles. The highest BCUT2D eigenvalue weighted by molar-refractivity contribution is 5.68. The van der Waals surface area contributed by atoms with Crippen LogP contribution in [0.2, 0.25) is 0 Å². The molecular weight excluding hydrogens is 422 g/mol. The molecule has 7 nitrogen and oxygen atoms in total. The van der Waals surface area contributed by atoms with Gasteiger partial charge in [-0.3, -0.25) is 4.90 Å². The van der Waals surface area contributed by atoms with Crippen LogP contribution in [0.1, 0.15) is 43.9 Å². The highest BCUT2D eigenvalue weighted by atomic mass is 16.5. The van der Waals surface area contributed by atoms with E-state index in [0.717, 1.165) is 37.1 Å². The van der Waals surface area contributed by atoms with Gasteiger partial charge in [-0.2, -0.15) is 0 Å². The first-order valence-corrected chi connectivity index (χ1v) is 11.6. The maximum atomic E-state index is 10.9. The number of nitrogens with zero attached hydrogens (tertiary/aromatic N) is 1. The number of aliphatic carboxylic acids is 1. The second kappa shape index (κ2) is 8.54. The highest BCUT2D eigenvalue weighted by Gasteiger charge is 2.51. The SMILES string of the molecule is CC1(C)Oc2c(O)cccc2[C@@H]2O[C@@H]3CCN(Cc4ccccc4OCC(=O)O)C[C@@H]3C[C@H]21. The molecule has 0 spiro atoms. The van der Waals surface area contributed by atoms with E-state index in [2.05, 4.69) is 18.7 Å². The lowest BCUT2D eigenvalue weighted by molar-refractivity contribution is -0.188. The normalized spacial score (nSPS) is 28.1. The number of phenols is 1. The van der Waals surface area contributed by atoms with E-state index < -0.39 is 11.6 Å². The topological polar surface area (TPSA) is 88.5 Å². The Morgan fingerprint density at radius 1 is 1.21 bits per heavy atom. The maximum Gasteiger partial charge on any atom is 0.341 e. The first-order valence-electron chi connectivity index (χ1n) is 11.6. The molecule has 3 aliphatic heterocycles. The van der Waals surface area contributed by atoms with Crippen LogP contribution in [0.15, 0.2) is 42.5 Å². The van der Waals surface area contributed by atoms with Gasteiger partial charge >= 0.3 is 5.97 Å². The Hall–Kier alpha value is -2.77. The molecule has 0 aliphatic carbocycles. The number of para-hydroxylation sites is 2. The Labute approximate surface area is 193 Å². The average Bonchev–Trinajstić information content (AvgIpc) is 2.78. The van der Waals surface area contributed by atoms with Crippen LogP contribution in [0, 0.1) is 11.8 Å². The van der Waals surface area contributed by atoms with Crippen molar-refractivity contribution < 1.29 is 29.2 Å². The summed E-state index contributed by atoms with van der Waals surface area (Å²) in [6, 6.07) is 13.2. The molecule has 176 valence electrons. The number of aromatic hydroxyl groups is 1. The molecule has 0 bridgehead atoms. The van der Waals surface area contributed by atoms with Crippen molar-refractivity contribution in [2.24, 2.45) is 11.8 Å². The average molecular weight is 454 g/mol. The fourth-order valence-electron chi connectivity index (χ4n) is 5.68. The lowest BCUT2D eigenvalue weighted by Gasteiger charge is -2.53. The highest BCUT2D eigenvalue weighted by Crippen LogP contribution is 2.54. The number of rotatable bonds is 5. The van der Waals surface area contributed by atoms with Crippen molar-refractivity contribution in [2.45, 2.75) is 51.0 Å². The fraction of sp³-hybridized carbons (Fsp3) is 0.500. The van der Waals surface area contributed by atoms with Gasteiger partial charge in [0.1, 0.15) is 11.4 Å². The minimum Gasteiger partial charge on any atom is -0.504 e. The van der Waals surface area contributed by atoms with Crippen molar-refractivity contribution in [1.82, 2.24) is 4.90 Å². The number of hydrogen-bond donors (Lipinski definition) is 2. The van der Waals surface area contributed by atoms with E-state index in [0.29, 0.717) is 24.0 Å². The molecule has 2 aromatic carbocycles. The van der Waals surface area contributed by atoms with Gasteiger partial charge in [-0.15, -0.1) is 0 Å². The van der Waals surface area contributed by atoms with E-state index in [1.165, 1.54) is 0 Å². The molecule has 2 fully saturated rings. The zero-order valence-electron chi connectivity index (χ0n) is 19.1. The second-order valence-electron chi connectivity index (χ2n) is 9.91. The molecule has 4 atom stereocenters. The Morgan fingerprint density at radius 2 is 2.03 bits per heavy atom. The molecule has 0 amide bonds. The number of carbonyl (C=O) groups is 1. The number of phenolic OH excluding ortho intramolecular Hbond substituents is 1. The summed E-state index contributed by atoms with van der Waals surface area (Å²) >= 11 is 0. The zero-order valence-corrected chi connectivity index (χ0v) is 19.1. The Balaban J connectivity index is 1.31. The summed E-state index contributed by atoms with van der Waals surface area (Å²) < 4.78 is 18.5. The summed E-state index contributed by atoms with van der Waals surface area (Å²) in [6.07, 6.45) is 2.02. The van der Waals surface area contributed by atoms with Crippen LogP contribution < -0.4 is 9.47 Å². The van der Waals surface area contributed by atoms with Gasteiger partial charge < -0.3 is 24.4 Å².